The number of hydrogen-bond acceptors (Lipinski definition) is 4. The van der Waals surface area contributed by atoms with Gasteiger partial charge in [-0.3, -0.25) is 10.1 Å². The number of hydrogen-bond donors (Lipinski definition) is 0. The van der Waals surface area contributed by atoms with Gasteiger partial charge in [-0.1, -0.05) is 18.9 Å². The zero-order valence-electron chi connectivity index (χ0n) is 10.4. The Morgan fingerprint density at radius 3 is 2.68 bits per heavy atom. The fourth-order valence-corrected chi connectivity index (χ4v) is 3.03. The van der Waals surface area contributed by atoms with Crippen molar-refractivity contribution in [3.63, 3.8) is 0 Å². The second-order valence-electron chi connectivity index (χ2n) is 3.80. The Labute approximate surface area is 112 Å². The van der Waals surface area contributed by atoms with Gasteiger partial charge in [0.15, 0.2) is 0 Å². The molecule has 0 aliphatic rings. The molecule has 0 fully saturated rings. The molecule has 6 nitrogen and oxygen atoms in total. The third-order valence-electron chi connectivity index (χ3n) is 2.41. The van der Waals surface area contributed by atoms with E-state index in [2.05, 4.69) is 5.92 Å². The van der Waals surface area contributed by atoms with Crippen LogP contribution in [0.4, 0.5) is 5.69 Å². The molecule has 1 aromatic carbocycles. The Kier molecular flexibility index (Phi) is 5.03. The molecule has 0 spiro atoms. The first-order valence-electron chi connectivity index (χ1n) is 5.61. The molecular weight excluding hydrogens is 268 g/mol. The van der Waals surface area contributed by atoms with Gasteiger partial charge in [0.1, 0.15) is 0 Å². The van der Waals surface area contributed by atoms with Gasteiger partial charge in [-0.05, 0) is 12.5 Å². The number of terminal acetylenes is 1. The smallest absolute Gasteiger partial charge is 0.258 e. The van der Waals surface area contributed by atoms with Crippen LogP contribution < -0.4 is 0 Å². The summed E-state index contributed by atoms with van der Waals surface area (Å²) in [6.45, 7) is 2.04. The third-order valence-corrected chi connectivity index (χ3v) is 4.25. The van der Waals surface area contributed by atoms with Crippen LogP contribution in [0.3, 0.4) is 0 Å². The van der Waals surface area contributed by atoms with E-state index in [-0.39, 0.29) is 23.7 Å². The molecule has 19 heavy (non-hydrogen) atoms. The Hall–Kier alpha value is -1.91. The number of nitro benzene ring substituents is 1. The van der Waals surface area contributed by atoms with Gasteiger partial charge in [-0.2, -0.15) is 4.31 Å². The van der Waals surface area contributed by atoms with E-state index in [1.165, 1.54) is 18.2 Å². The molecular formula is C12H14N2O4S. The minimum atomic E-state index is -3.79. The molecule has 0 saturated carbocycles. The second-order valence-corrected chi connectivity index (χ2v) is 5.74. The normalized spacial score (nSPS) is 11.2. The number of nitro groups is 1. The maximum Gasteiger partial charge on any atom is 0.270 e. The molecule has 0 heterocycles. The van der Waals surface area contributed by atoms with Gasteiger partial charge in [0.2, 0.25) is 10.0 Å². The number of benzene rings is 1. The highest BCUT2D eigenvalue weighted by molar-refractivity contribution is 7.89. The van der Waals surface area contributed by atoms with Crippen molar-refractivity contribution in [1.82, 2.24) is 4.31 Å². The van der Waals surface area contributed by atoms with Crippen LogP contribution in [0.1, 0.15) is 13.3 Å². The topological polar surface area (TPSA) is 80.5 Å². The first kappa shape index (κ1) is 15.1. The Bertz CT molecular complexity index is 604. The van der Waals surface area contributed by atoms with Crippen LogP contribution in [0.5, 0.6) is 0 Å². The summed E-state index contributed by atoms with van der Waals surface area (Å²) in [6, 6.07) is 4.94. The molecule has 0 N–H and O–H groups in total. The summed E-state index contributed by atoms with van der Waals surface area (Å²) in [5.41, 5.74) is -0.266. The van der Waals surface area contributed by atoms with Crippen molar-refractivity contribution < 1.29 is 13.3 Å². The average Bonchev–Trinajstić information content (AvgIpc) is 2.38. The molecule has 0 aromatic heterocycles. The van der Waals surface area contributed by atoms with E-state index in [1.54, 1.807) is 0 Å². The van der Waals surface area contributed by atoms with Crippen LogP contribution >= 0.6 is 0 Å². The van der Waals surface area contributed by atoms with E-state index >= 15 is 0 Å². The van der Waals surface area contributed by atoms with Gasteiger partial charge in [0.25, 0.3) is 5.69 Å². The summed E-state index contributed by atoms with van der Waals surface area (Å²) in [6.07, 6.45) is 5.76. The van der Waals surface area contributed by atoms with Crippen LogP contribution in [-0.4, -0.2) is 30.7 Å². The quantitative estimate of drug-likeness (QED) is 0.451. The molecule has 0 unspecified atom stereocenters. The highest BCUT2D eigenvalue weighted by atomic mass is 32.2. The largest absolute Gasteiger partial charge is 0.270 e. The van der Waals surface area contributed by atoms with E-state index < -0.39 is 14.9 Å². The van der Waals surface area contributed by atoms with E-state index in [4.69, 9.17) is 6.42 Å². The highest BCUT2D eigenvalue weighted by Crippen LogP contribution is 2.20. The summed E-state index contributed by atoms with van der Waals surface area (Å²) < 4.78 is 25.7. The lowest BCUT2D eigenvalue weighted by Gasteiger charge is -2.18. The summed E-state index contributed by atoms with van der Waals surface area (Å²) in [5.74, 6) is 2.28. The Morgan fingerprint density at radius 1 is 1.47 bits per heavy atom. The number of nitrogens with zero attached hydrogens (tertiary/aromatic N) is 2. The molecule has 0 amide bonds. The van der Waals surface area contributed by atoms with Crippen molar-refractivity contribution in [2.75, 3.05) is 13.1 Å². The van der Waals surface area contributed by atoms with Crippen molar-refractivity contribution in [2.24, 2.45) is 0 Å². The van der Waals surface area contributed by atoms with Gasteiger partial charge in [0.05, 0.1) is 16.4 Å². The minimum Gasteiger partial charge on any atom is -0.258 e. The van der Waals surface area contributed by atoms with Crippen LogP contribution in [0.2, 0.25) is 0 Å². The van der Waals surface area contributed by atoms with Crippen molar-refractivity contribution >= 4 is 15.7 Å². The lowest BCUT2D eigenvalue weighted by molar-refractivity contribution is -0.385. The fourth-order valence-electron chi connectivity index (χ4n) is 1.54. The molecule has 0 aliphatic carbocycles. The first-order valence-corrected chi connectivity index (χ1v) is 7.05. The monoisotopic (exact) mass is 282 g/mol. The number of rotatable bonds is 6. The minimum absolute atomic E-state index is 0.0567. The van der Waals surface area contributed by atoms with Gasteiger partial charge < -0.3 is 0 Å². The lowest BCUT2D eigenvalue weighted by atomic mass is 10.3. The molecule has 0 saturated heterocycles. The molecule has 0 atom stereocenters. The SMILES string of the molecule is C#CCN(CCC)S(=O)(=O)c1cccc([N+](=O)[O-])c1. The predicted molar refractivity (Wildman–Crippen MR) is 71.0 cm³/mol. The molecule has 102 valence electrons. The van der Waals surface area contributed by atoms with E-state index in [0.717, 1.165) is 10.4 Å². The van der Waals surface area contributed by atoms with Crippen LogP contribution in [0, 0.1) is 22.5 Å². The van der Waals surface area contributed by atoms with Gasteiger partial charge in [0, 0.05) is 18.7 Å². The number of non-ortho nitro benzene ring substituents is 1. The van der Waals surface area contributed by atoms with Crippen molar-refractivity contribution in [3.05, 3.63) is 34.4 Å². The summed E-state index contributed by atoms with van der Waals surface area (Å²) in [5, 5.41) is 10.7. The van der Waals surface area contributed by atoms with Crippen molar-refractivity contribution in [3.8, 4) is 12.3 Å². The van der Waals surface area contributed by atoms with Crippen LogP contribution in [-0.2, 0) is 10.0 Å². The zero-order valence-corrected chi connectivity index (χ0v) is 11.3. The van der Waals surface area contributed by atoms with Crippen molar-refractivity contribution in [2.45, 2.75) is 18.2 Å². The van der Waals surface area contributed by atoms with E-state index in [0.29, 0.717) is 6.42 Å². The molecule has 1 rings (SSSR count). The standard InChI is InChI=1S/C12H14N2O4S/c1-3-8-13(9-4-2)19(17,18)12-7-5-6-11(10-12)14(15)16/h1,5-7,10H,4,8-9H2,2H3. The lowest BCUT2D eigenvalue weighted by Crippen LogP contribution is -2.32. The Balaban J connectivity index is 3.21. The van der Waals surface area contributed by atoms with E-state index in [9.17, 15) is 18.5 Å². The maximum atomic E-state index is 12.3. The second kappa shape index (κ2) is 6.31. The van der Waals surface area contributed by atoms with Crippen LogP contribution in [0.25, 0.3) is 0 Å². The number of sulfonamides is 1. The summed E-state index contributed by atoms with van der Waals surface area (Å²) in [4.78, 5) is 9.91. The van der Waals surface area contributed by atoms with Gasteiger partial charge in [-0.15, -0.1) is 6.42 Å². The molecule has 0 bridgehead atoms. The molecule has 0 aliphatic heterocycles. The van der Waals surface area contributed by atoms with Gasteiger partial charge >= 0.3 is 0 Å². The summed E-state index contributed by atoms with van der Waals surface area (Å²) in [7, 11) is -3.79. The molecule has 0 radical (unpaired) electrons. The third kappa shape index (κ3) is 3.53. The predicted octanol–water partition coefficient (Wildman–Crippen LogP) is 1.63. The van der Waals surface area contributed by atoms with E-state index in [1.807, 2.05) is 6.92 Å². The average molecular weight is 282 g/mol. The summed E-state index contributed by atoms with van der Waals surface area (Å²) >= 11 is 0. The maximum absolute atomic E-state index is 12.3. The molecule has 7 heteroatoms. The van der Waals surface area contributed by atoms with Crippen molar-refractivity contribution in [1.29, 1.82) is 0 Å². The van der Waals surface area contributed by atoms with Gasteiger partial charge in [-0.25, -0.2) is 8.42 Å². The first-order chi connectivity index (χ1) is 8.93. The fraction of sp³-hybridized carbons (Fsp3) is 0.333. The van der Waals surface area contributed by atoms with Crippen LogP contribution in [0.15, 0.2) is 29.2 Å². The highest BCUT2D eigenvalue weighted by Gasteiger charge is 2.24. The zero-order chi connectivity index (χ0) is 14.5. The Morgan fingerprint density at radius 2 is 2.16 bits per heavy atom. The molecule has 1 aromatic rings.